The molecule has 2 aliphatic heterocycles. The van der Waals surface area contributed by atoms with Crippen LogP contribution < -0.4 is 10.0 Å². The first-order chi connectivity index (χ1) is 11.6. The van der Waals surface area contributed by atoms with Crippen molar-refractivity contribution < 1.29 is 18.6 Å². The number of nitrogens with two attached hydrogens (primary N) is 1. The van der Waals surface area contributed by atoms with E-state index < -0.39 is 7.67 Å². The Kier molecular flexibility index (Phi) is 5.89. The van der Waals surface area contributed by atoms with Crippen molar-refractivity contribution in [3.63, 3.8) is 0 Å². The van der Waals surface area contributed by atoms with Gasteiger partial charge in [-0.1, -0.05) is 22.6 Å². The highest BCUT2D eigenvalue weighted by atomic mass is 31.2. The summed E-state index contributed by atoms with van der Waals surface area (Å²) in [7, 11) is -3.60. The van der Waals surface area contributed by atoms with E-state index in [1.165, 1.54) is 0 Å². The van der Waals surface area contributed by atoms with Gasteiger partial charge in [0.15, 0.2) is 0 Å². The zero-order valence-corrected chi connectivity index (χ0v) is 14.9. The van der Waals surface area contributed by atoms with E-state index in [4.69, 9.17) is 19.5 Å². The maximum atomic E-state index is 13.3. The summed E-state index contributed by atoms with van der Waals surface area (Å²) < 4.78 is 29.8. The molecule has 134 valence electrons. The maximum Gasteiger partial charge on any atom is 0.418 e. The molecule has 1 aromatic carbocycles. The predicted molar refractivity (Wildman–Crippen MR) is 90.2 cm³/mol. The van der Waals surface area contributed by atoms with E-state index in [2.05, 4.69) is 0 Å². The lowest BCUT2D eigenvalue weighted by Gasteiger charge is -2.45. The van der Waals surface area contributed by atoms with Crippen LogP contribution >= 0.6 is 7.67 Å². The fraction of sp³-hybridized carbons (Fsp3) is 0.600. The van der Waals surface area contributed by atoms with Crippen LogP contribution in [0.5, 0.6) is 5.75 Å². The van der Waals surface area contributed by atoms with Crippen LogP contribution in [0.15, 0.2) is 24.3 Å². The first kappa shape index (κ1) is 17.8. The molecule has 2 heterocycles. The Morgan fingerprint density at radius 3 is 1.92 bits per heavy atom. The standard InChI is InChI=1S/C15H25N4O4P/c1-14-2-4-15(5-3-14)23-24(16,20)19(17-6-10-21-11-7-17)18-8-12-22-13-9-18/h2-5H,6-13H2,1H3,(H2,16,20). The first-order valence-corrected chi connectivity index (χ1v) is 9.82. The Balaban J connectivity index is 1.81. The Morgan fingerprint density at radius 1 is 1.00 bits per heavy atom. The van der Waals surface area contributed by atoms with Crippen LogP contribution in [-0.2, 0) is 14.0 Å². The van der Waals surface area contributed by atoms with Crippen LogP contribution in [0, 0.1) is 6.92 Å². The normalized spacial score (nSPS) is 23.1. The largest absolute Gasteiger partial charge is 0.421 e. The van der Waals surface area contributed by atoms with Crippen molar-refractivity contribution in [1.82, 2.24) is 14.9 Å². The fourth-order valence-corrected chi connectivity index (χ4v) is 4.34. The molecule has 1 aromatic rings. The number of hydrogen-bond acceptors (Lipinski definition) is 6. The highest BCUT2D eigenvalue weighted by Crippen LogP contribution is 2.45. The molecule has 8 nitrogen and oxygen atoms in total. The molecule has 0 radical (unpaired) electrons. The number of nitrogens with zero attached hydrogens (tertiary/aromatic N) is 3. The van der Waals surface area contributed by atoms with E-state index in [1.54, 1.807) is 17.0 Å². The summed E-state index contributed by atoms with van der Waals surface area (Å²) in [6.45, 7) is 6.77. The van der Waals surface area contributed by atoms with Crippen LogP contribution in [0.2, 0.25) is 0 Å². The third-order valence-electron chi connectivity index (χ3n) is 3.99. The van der Waals surface area contributed by atoms with Gasteiger partial charge in [0.25, 0.3) is 0 Å². The van der Waals surface area contributed by atoms with Crippen molar-refractivity contribution in [2.24, 2.45) is 5.50 Å². The summed E-state index contributed by atoms with van der Waals surface area (Å²) in [6.07, 6.45) is 0. The molecule has 1 unspecified atom stereocenters. The van der Waals surface area contributed by atoms with E-state index in [-0.39, 0.29) is 0 Å². The third kappa shape index (κ3) is 4.34. The lowest BCUT2D eigenvalue weighted by molar-refractivity contribution is -0.174. The lowest BCUT2D eigenvalue weighted by Crippen LogP contribution is -2.58. The minimum absolute atomic E-state index is 0.498. The Morgan fingerprint density at radius 2 is 1.46 bits per heavy atom. The number of hydrogen-bond donors (Lipinski definition) is 1. The summed E-state index contributed by atoms with van der Waals surface area (Å²) in [4.78, 5) is 1.61. The van der Waals surface area contributed by atoms with Gasteiger partial charge >= 0.3 is 7.67 Å². The summed E-state index contributed by atoms with van der Waals surface area (Å²) >= 11 is 0. The second-order valence-electron chi connectivity index (χ2n) is 5.87. The van der Waals surface area contributed by atoms with Gasteiger partial charge in [0.05, 0.1) is 26.4 Å². The third-order valence-corrected chi connectivity index (χ3v) is 5.46. The SMILES string of the molecule is Cc1ccc(OP(N)(=O)N(N2CCOCC2)N2CCOCC2)cc1. The molecular weight excluding hydrogens is 331 g/mol. The molecule has 0 spiro atoms. The van der Waals surface area contributed by atoms with Gasteiger partial charge in [0, 0.05) is 26.2 Å². The Bertz CT molecular complexity index is 555. The molecule has 1 atom stereocenters. The molecule has 0 saturated carbocycles. The lowest BCUT2D eigenvalue weighted by atomic mass is 10.2. The van der Waals surface area contributed by atoms with Crippen molar-refractivity contribution >= 4 is 7.67 Å². The van der Waals surface area contributed by atoms with Crippen LogP contribution in [0.1, 0.15) is 5.56 Å². The number of aryl methyl sites for hydroxylation is 1. The van der Waals surface area contributed by atoms with Crippen LogP contribution in [-0.4, -0.2) is 67.5 Å². The van der Waals surface area contributed by atoms with E-state index in [9.17, 15) is 4.57 Å². The van der Waals surface area contributed by atoms with Gasteiger partial charge in [-0.15, -0.1) is 0 Å². The zero-order valence-electron chi connectivity index (χ0n) is 14.0. The number of ether oxygens (including phenoxy) is 2. The Hall–Kier alpha value is -0.990. The summed E-state index contributed by atoms with van der Waals surface area (Å²) in [5.74, 6) is 0.498. The Labute approximate surface area is 142 Å². The molecule has 0 amide bonds. The zero-order chi connectivity index (χ0) is 17.0. The van der Waals surface area contributed by atoms with E-state index in [1.807, 2.05) is 29.1 Å². The average molecular weight is 356 g/mol. The van der Waals surface area contributed by atoms with Crippen molar-refractivity contribution in [2.75, 3.05) is 52.6 Å². The molecule has 24 heavy (non-hydrogen) atoms. The number of benzene rings is 1. The van der Waals surface area contributed by atoms with Crippen LogP contribution in [0.3, 0.4) is 0 Å². The fourth-order valence-electron chi connectivity index (χ4n) is 2.78. The molecule has 9 heteroatoms. The van der Waals surface area contributed by atoms with Crippen molar-refractivity contribution in [3.05, 3.63) is 29.8 Å². The van der Waals surface area contributed by atoms with Gasteiger partial charge < -0.3 is 14.0 Å². The maximum absolute atomic E-state index is 13.3. The molecular formula is C15H25N4O4P. The van der Waals surface area contributed by atoms with Gasteiger partial charge in [-0.3, -0.25) is 0 Å². The number of hydrazine groups is 2. The van der Waals surface area contributed by atoms with E-state index in [0.29, 0.717) is 58.4 Å². The van der Waals surface area contributed by atoms with Gasteiger partial charge in [-0.25, -0.2) is 20.1 Å². The van der Waals surface area contributed by atoms with E-state index >= 15 is 0 Å². The van der Waals surface area contributed by atoms with E-state index in [0.717, 1.165) is 5.56 Å². The highest BCUT2D eigenvalue weighted by Gasteiger charge is 2.40. The predicted octanol–water partition coefficient (Wildman–Crippen LogP) is 1.24. The van der Waals surface area contributed by atoms with Crippen molar-refractivity contribution in [1.29, 1.82) is 0 Å². The molecule has 0 aromatic heterocycles. The second-order valence-corrected chi connectivity index (χ2v) is 7.54. The molecule has 2 saturated heterocycles. The van der Waals surface area contributed by atoms with Gasteiger partial charge in [0.2, 0.25) is 0 Å². The molecule has 0 aliphatic carbocycles. The number of rotatable bonds is 5. The minimum atomic E-state index is -3.60. The first-order valence-electron chi connectivity index (χ1n) is 8.17. The average Bonchev–Trinajstić information content (AvgIpc) is 2.59. The quantitative estimate of drug-likeness (QED) is 0.790. The smallest absolute Gasteiger partial charge is 0.418 e. The van der Waals surface area contributed by atoms with Crippen LogP contribution in [0.25, 0.3) is 0 Å². The van der Waals surface area contributed by atoms with Crippen molar-refractivity contribution in [3.8, 4) is 5.75 Å². The minimum Gasteiger partial charge on any atom is -0.421 e. The van der Waals surface area contributed by atoms with Crippen molar-refractivity contribution in [2.45, 2.75) is 6.92 Å². The number of morpholine rings is 2. The second kappa shape index (κ2) is 7.93. The summed E-state index contributed by atoms with van der Waals surface area (Å²) in [5, 5.41) is 3.90. The molecule has 3 rings (SSSR count). The van der Waals surface area contributed by atoms with Gasteiger partial charge in [-0.2, -0.15) is 0 Å². The monoisotopic (exact) mass is 356 g/mol. The molecule has 2 fully saturated rings. The molecule has 2 aliphatic rings. The van der Waals surface area contributed by atoms with Gasteiger partial charge in [0.1, 0.15) is 5.75 Å². The highest BCUT2D eigenvalue weighted by molar-refractivity contribution is 7.54. The van der Waals surface area contributed by atoms with Gasteiger partial charge in [-0.05, 0) is 19.1 Å². The summed E-state index contributed by atoms with van der Waals surface area (Å²) in [5.41, 5.74) is 7.29. The molecule has 0 bridgehead atoms. The molecule has 2 N–H and O–H groups in total. The topological polar surface area (TPSA) is 80.5 Å². The summed E-state index contributed by atoms with van der Waals surface area (Å²) in [6, 6.07) is 7.38. The van der Waals surface area contributed by atoms with Crippen LogP contribution in [0.4, 0.5) is 0 Å².